The average Bonchev–Trinajstić information content (AvgIpc) is 2.77. The molecule has 1 N–H and O–H groups in total. The van der Waals surface area contributed by atoms with Crippen molar-refractivity contribution in [2.45, 2.75) is 20.0 Å². The number of alkyl halides is 3. The molecule has 1 aliphatic rings. The van der Waals surface area contributed by atoms with Gasteiger partial charge in [0.2, 0.25) is 0 Å². The zero-order valence-electron chi connectivity index (χ0n) is 13.9. The molecule has 1 heterocycles. The minimum Gasteiger partial charge on any atom is -0.502 e. The number of carbonyl (C=O) groups is 2. The van der Waals surface area contributed by atoms with Crippen molar-refractivity contribution in [2.75, 3.05) is 4.90 Å². The molecule has 0 aliphatic carbocycles. The number of aliphatic hydroxyl groups excluding tert-OH is 1. The monoisotopic (exact) mass is 361 g/mol. The van der Waals surface area contributed by atoms with E-state index in [-0.39, 0.29) is 11.3 Å². The number of hydrogen-bond donors (Lipinski definition) is 1. The van der Waals surface area contributed by atoms with Gasteiger partial charge in [0, 0.05) is 0 Å². The van der Waals surface area contributed by atoms with Crippen LogP contribution >= 0.6 is 0 Å². The zero-order chi connectivity index (χ0) is 19.2. The summed E-state index contributed by atoms with van der Waals surface area (Å²) in [4.78, 5) is 25.7. The van der Waals surface area contributed by atoms with Gasteiger partial charge in [0.05, 0.1) is 16.8 Å². The fourth-order valence-corrected chi connectivity index (χ4v) is 2.89. The van der Waals surface area contributed by atoms with E-state index >= 15 is 0 Å². The smallest absolute Gasteiger partial charge is 0.416 e. The van der Waals surface area contributed by atoms with Gasteiger partial charge >= 0.3 is 12.1 Å². The van der Waals surface area contributed by atoms with Crippen LogP contribution in [0, 0.1) is 13.8 Å². The Morgan fingerprint density at radius 2 is 1.54 bits per heavy atom. The second kappa shape index (κ2) is 6.01. The Kier molecular flexibility index (Phi) is 4.10. The molecular formula is C19H14F3NO3. The van der Waals surface area contributed by atoms with Gasteiger partial charge in [-0.05, 0) is 49.2 Å². The van der Waals surface area contributed by atoms with Crippen LogP contribution in [0.1, 0.15) is 22.3 Å². The lowest BCUT2D eigenvalue weighted by Gasteiger charge is -2.16. The van der Waals surface area contributed by atoms with Gasteiger partial charge in [-0.1, -0.05) is 23.8 Å². The lowest BCUT2D eigenvalue weighted by Crippen LogP contribution is -2.31. The number of amides is 2. The van der Waals surface area contributed by atoms with Gasteiger partial charge in [0.1, 0.15) is 0 Å². The number of anilines is 1. The number of carbonyl (C=O) groups excluding carboxylic acids is 2. The standard InChI is InChI=1S/C19H14F3NO3/c1-10-3-8-14(11(2)9-10)15-16(24)18(26)23(17(15)25)13-6-4-12(5-7-13)19(20,21)22/h3-9,24H,1-2H3. The molecule has 0 spiro atoms. The van der Waals surface area contributed by atoms with E-state index in [1.807, 2.05) is 6.92 Å². The van der Waals surface area contributed by atoms with Gasteiger partial charge in [-0.2, -0.15) is 13.2 Å². The number of aryl methyl sites for hydroxylation is 2. The molecule has 0 fully saturated rings. The van der Waals surface area contributed by atoms with Crippen LogP contribution in [0.4, 0.5) is 18.9 Å². The van der Waals surface area contributed by atoms with E-state index < -0.39 is 29.3 Å². The normalized spacial score (nSPS) is 15.2. The molecule has 26 heavy (non-hydrogen) atoms. The Balaban J connectivity index is 2.01. The van der Waals surface area contributed by atoms with Crippen molar-refractivity contribution >= 4 is 23.1 Å². The van der Waals surface area contributed by atoms with Gasteiger partial charge in [-0.3, -0.25) is 9.59 Å². The lowest BCUT2D eigenvalue weighted by atomic mass is 9.98. The van der Waals surface area contributed by atoms with E-state index in [0.29, 0.717) is 16.0 Å². The SMILES string of the molecule is Cc1ccc(C2=C(O)C(=O)N(c3ccc(C(F)(F)F)cc3)C2=O)c(C)c1. The van der Waals surface area contributed by atoms with Gasteiger partial charge in [-0.25, -0.2) is 4.90 Å². The molecule has 2 aromatic carbocycles. The summed E-state index contributed by atoms with van der Waals surface area (Å²) in [5.41, 5.74) is 0.949. The number of aliphatic hydroxyl groups is 1. The fraction of sp³-hybridized carbons (Fsp3) is 0.158. The topological polar surface area (TPSA) is 57.6 Å². The zero-order valence-corrected chi connectivity index (χ0v) is 13.9. The third kappa shape index (κ3) is 2.85. The maximum Gasteiger partial charge on any atom is 0.416 e. The Labute approximate surface area is 147 Å². The highest BCUT2D eigenvalue weighted by Crippen LogP contribution is 2.35. The second-order valence-corrected chi connectivity index (χ2v) is 6.03. The molecule has 134 valence electrons. The minimum absolute atomic E-state index is 0.0423. The highest BCUT2D eigenvalue weighted by atomic mass is 19.4. The lowest BCUT2D eigenvalue weighted by molar-refractivity contribution is -0.137. The first kappa shape index (κ1) is 17.7. The highest BCUT2D eigenvalue weighted by molar-refractivity contribution is 6.45. The van der Waals surface area contributed by atoms with Crippen LogP contribution in [0.15, 0.2) is 48.2 Å². The van der Waals surface area contributed by atoms with Crippen LogP contribution in [0.3, 0.4) is 0 Å². The van der Waals surface area contributed by atoms with Gasteiger partial charge in [-0.15, -0.1) is 0 Å². The molecule has 0 aromatic heterocycles. The molecule has 1 aliphatic heterocycles. The predicted octanol–water partition coefficient (Wildman–Crippen LogP) is 4.16. The maximum absolute atomic E-state index is 12.7. The number of halogens is 3. The van der Waals surface area contributed by atoms with E-state index in [0.717, 1.165) is 29.8 Å². The van der Waals surface area contributed by atoms with Gasteiger partial charge in [0.25, 0.3) is 5.91 Å². The van der Waals surface area contributed by atoms with Crippen molar-refractivity contribution in [2.24, 2.45) is 0 Å². The molecule has 0 saturated carbocycles. The van der Waals surface area contributed by atoms with Crippen LogP contribution in [0.2, 0.25) is 0 Å². The molecule has 0 radical (unpaired) electrons. The third-order valence-corrected chi connectivity index (χ3v) is 4.16. The minimum atomic E-state index is -4.53. The molecule has 0 saturated heterocycles. The number of rotatable bonds is 2. The molecule has 0 atom stereocenters. The first-order valence-corrected chi connectivity index (χ1v) is 7.68. The highest BCUT2D eigenvalue weighted by Gasteiger charge is 2.41. The Hall–Kier alpha value is -3.09. The summed E-state index contributed by atoms with van der Waals surface area (Å²) in [5.74, 6) is -2.47. The largest absolute Gasteiger partial charge is 0.502 e. The fourth-order valence-electron chi connectivity index (χ4n) is 2.89. The van der Waals surface area contributed by atoms with E-state index in [1.54, 1.807) is 25.1 Å². The molecule has 7 heteroatoms. The Morgan fingerprint density at radius 1 is 0.923 bits per heavy atom. The average molecular weight is 361 g/mol. The first-order valence-electron chi connectivity index (χ1n) is 7.68. The molecule has 2 amide bonds. The summed E-state index contributed by atoms with van der Waals surface area (Å²) >= 11 is 0. The van der Waals surface area contributed by atoms with Crippen molar-refractivity contribution in [3.8, 4) is 0 Å². The quantitative estimate of drug-likeness (QED) is 0.817. The predicted molar refractivity (Wildman–Crippen MR) is 89.4 cm³/mol. The van der Waals surface area contributed by atoms with Crippen LogP contribution < -0.4 is 4.90 Å². The molecule has 2 aromatic rings. The maximum atomic E-state index is 12.7. The summed E-state index contributed by atoms with van der Waals surface area (Å²) in [6, 6.07) is 8.77. The molecule has 0 unspecified atom stereocenters. The van der Waals surface area contributed by atoms with Crippen molar-refractivity contribution in [3.63, 3.8) is 0 Å². The van der Waals surface area contributed by atoms with Gasteiger partial charge < -0.3 is 5.11 Å². The van der Waals surface area contributed by atoms with E-state index in [4.69, 9.17) is 0 Å². The molecule has 4 nitrogen and oxygen atoms in total. The van der Waals surface area contributed by atoms with E-state index in [9.17, 15) is 27.9 Å². The number of hydrogen-bond acceptors (Lipinski definition) is 3. The van der Waals surface area contributed by atoms with Crippen molar-refractivity contribution in [1.82, 2.24) is 0 Å². The van der Waals surface area contributed by atoms with Crippen LogP contribution in [0.5, 0.6) is 0 Å². The summed E-state index contributed by atoms with van der Waals surface area (Å²) < 4.78 is 38.0. The van der Waals surface area contributed by atoms with Crippen LogP contribution in [-0.4, -0.2) is 16.9 Å². The first-order chi connectivity index (χ1) is 12.1. The summed E-state index contributed by atoms with van der Waals surface area (Å²) in [7, 11) is 0. The summed E-state index contributed by atoms with van der Waals surface area (Å²) in [6.45, 7) is 3.60. The van der Waals surface area contributed by atoms with Crippen molar-refractivity contribution in [1.29, 1.82) is 0 Å². The molecule has 3 rings (SSSR count). The third-order valence-electron chi connectivity index (χ3n) is 4.16. The number of nitrogens with zero attached hydrogens (tertiary/aromatic N) is 1. The van der Waals surface area contributed by atoms with E-state index in [1.165, 1.54) is 0 Å². The number of benzene rings is 2. The van der Waals surface area contributed by atoms with Gasteiger partial charge in [0.15, 0.2) is 5.76 Å². The molecule has 0 bridgehead atoms. The summed E-state index contributed by atoms with van der Waals surface area (Å²) in [5, 5.41) is 10.2. The van der Waals surface area contributed by atoms with Crippen molar-refractivity contribution in [3.05, 3.63) is 70.5 Å². The molecular weight excluding hydrogens is 347 g/mol. The second-order valence-electron chi connectivity index (χ2n) is 6.03. The number of imide groups is 1. The Morgan fingerprint density at radius 3 is 2.08 bits per heavy atom. The van der Waals surface area contributed by atoms with Crippen LogP contribution in [-0.2, 0) is 15.8 Å². The Bertz CT molecular complexity index is 943. The van der Waals surface area contributed by atoms with E-state index in [2.05, 4.69) is 0 Å². The summed E-state index contributed by atoms with van der Waals surface area (Å²) in [6.07, 6.45) is -4.53. The van der Waals surface area contributed by atoms with Crippen LogP contribution in [0.25, 0.3) is 5.57 Å². The van der Waals surface area contributed by atoms with Crippen molar-refractivity contribution < 1.29 is 27.9 Å².